The summed E-state index contributed by atoms with van der Waals surface area (Å²) in [6.07, 6.45) is 2.73. The Balaban J connectivity index is 1.14. The van der Waals surface area contributed by atoms with Gasteiger partial charge in [0.1, 0.15) is 18.2 Å². The maximum absolute atomic E-state index is 12.6. The van der Waals surface area contributed by atoms with Gasteiger partial charge in [0.05, 0.1) is 18.1 Å². The molecule has 202 valence electrons. The highest BCUT2D eigenvalue weighted by molar-refractivity contribution is 7.88. The molecule has 13 heteroatoms. The van der Waals surface area contributed by atoms with E-state index in [0.29, 0.717) is 55.7 Å². The van der Waals surface area contributed by atoms with Gasteiger partial charge in [-0.1, -0.05) is 41.5 Å². The molecule has 0 spiro atoms. The zero-order valence-electron chi connectivity index (χ0n) is 21.1. The van der Waals surface area contributed by atoms with E-state index < -0.39 is 15.9 Å². The van der Waals surface area contributed by atoms with Crippen LogP contribution in [0.3, 0.4) is 0 Å². The minimum atomic E-state index is -3.20. The van der Waals surface area contributed by atoms with Crippen molar-refractivity contribution >= 4 is 39.1 Å². The van der Waals surface area contributed by atoms with Gasteiger partial charge < -0.3 is 24.7 Å². The molecule has 4 aromatic rings. The maximum atomic E-state index is 12.6. The third-order valence-electron chi connectivity index (χ3n) is 5.99. The van der Waals surface area contributed by atoms with Crippen molar-refractivity contribution in [3.8, 4) is 5.75 Å². The molecule has 39 heavy (non-hydrogen) atoms. The Hall–Kier alpha value is -4.49. The van der Waals surface area contributed by atoms with Crippen LogP contribution >= 0.6 is 0 Å². The number of piperazine rings is 1. The molecule has 3 heterocycles. The molecular formula is C26H27N7O5S. The Morgan fingerprint density at radius 3 is 2.49 bits per heavy atom. The van der Waals surface area contributed by atoms with Crippen molar-refractivity contribution in [3.63, 3.8) is 0 Å². The molecule has 1 aliphatic rings. The van der Waals surface area contributed by atoms with Crippen molar-refractivity contribution in [1.29, 1.82) is 0 Å². The quantitative estimate of drug-likeness (QED) is 0.320. The van der Waals surface area contributed by atoms with Gasteiger partial charge in [-0.3, -0.25) is 4.79 Å². The zero-order chi connectivity index (χ0) is 27.2. The molecule has 2 aromatic heterocycles. The van der Waals surface area contributed by atoms with Gasteiger partial charge >= 0.3 is 17.8 Å². The summed E-state index contributed by atoms with van der Waals surface area (Å²) in [6, 6.07) is 20.6. The van der Waals surface area contributed by atoms with Crippen LogP contribution in [0.2, 0.25) is 0 Å². The van der Waals surface area contributed by atoms with E-state index in [0.717, 1.165) is 5.56 Å². The van der Waals surface area contributed by atoms with Crippen molar-refractivity contribution in [2.24, 2.45) is 0 Å². The van der Waals surface area contributed by atoms with E-state index in [1.165, 1.54) is 16.8 Å². The van der Waals surface area contributed by atoms with Gasteiger partial charge in [0.25, 0.3) is 0 Å². The highest BCUT2D eigenvalue weighted by atomic mass is 32.2. The number of carbonyl (C=O) groups is 1. The summed E-state index contributed by atoms with van der Waals surface area (Å²) >= 11 is 0. The van der Waals surface area contributed by atoms with Gasteiger partial charge in [-0.25, -0.2) is 13.4 Å². The van der Waals surface area contributed by atoms with Crippen molar-refractivity contribution in [2.75, 3.05) is 48.0 Å². The molecule has 0 saturated carbocycles. The predicted octanol–water partition coefficient (Wildman–Crippen LogP) is 3.12. The van der Waals surface area contributed by atoms with Crippen LogP contribution in [-0.2, 0) is 16.6 Å². The Labute approximate surface area is 225 Å². The van der Waals surface area contributed by atoms with Gasteiger partial charge in [-0.05, 0) is 29.8 Å². The number of pyridine rings is 1. The third kappa shape index (κ3) is 6.89. The first-order valence-corrected chi connectivity index (χ1v) is 14.0. The van der Waals surface area contributed by atoms with Gasteiger partial charge in [0, 0.05) is 37.9 Å². The van der Waals surface area contributed by atoms with E-state index in [2.05, 4.69) is 25.8 Å². The summed E-state index contributed by atoms with van der Waals surface area (Å²) in [5.41, 5.74) is 2.17. The van der Waals surface area contributed by atoms with Gasteiger partial charge in [-0.2, -0.15) is 4.31 Å². The van der Waals surface area contributed by atoms with E-state index in [9.17, 15) is 13.2 Å². The van der Waals surface area contributed by atoms with Crippen LogP contribution in [0.15, 0.2) is 77.3 Å². The van der Waals surface area contributed by atoms with Crippen LogP contribution in [0.5, 0.6) is 5.75 Å². The van der Waals surface area contributed by atoms with Crippen molar-refractivity contribution < 1.29 is 22.4 Å². The Morgan fingerprint density at radius 1 is 0.974 bits per heavy atom. The number of hydrogen-bond donors (Lipinski definition) is 2. The molecule has 0 radical (unpaired) electrons. The number of carbonyl (C=O) groups excluding carboxylic acids is 1. The fraction of sp³-hybridized carbons (Fsp3) is 0.231. The summed E-state index contributed by atoms with van der Waals surface area (Å²) < 4.78 is 36.2. The number of ether oxygens (including phenoxy) is 1. The monoisotopic (exact) mass is 549 g/mol. The number of rotatable bonds is 9. The molecule has 5 rings (SSSR count). The molecular weight excluding hydrogens is 522 g/mol. The fourth-order valence-electron chi connectivity index (χ4n) is 3.97. The molecule has 12 nitrogen and oxygen atoms in total. The van der Waals surface area contributed by atoms with Gasteiger partial charge in [0.2, 0.25) is 10.0 Å². The van der Waals surface area contributed by atoms with Crippen LogP contribution < -0.4 is 20.3 Å². The SMILES string of the molecule is CS(=O)(=O)N1CCN(c2ccc(NC(=O)c3nnc(Nc4cccc(OCc5ccccc5)c4)o3)cn2)CC1. The Kier molecular flexibility index (Phi) is 7.70. The Bertz CT molecular complexity index is 1520. The normalized spacial score (nSPS) is 14.1. The largest absolute Gasteiger partial charge is 0.489 e. The predicted molar refractivity (Wildman–Crippen MR) is 146 cm³/mol. The Morgan fingerprint density at radius 2 is 1.77 bits per heavy atom. The molecule has 1 amide bonds. The first-order chi connectivity index (χ1) is 18.8. The van der Waals surface area contributed by atoms with Crippen LogP contribution in [-0.4, -0.2) is 66.2 Å². The molecule has 0 bridgehead atoms. The average Bonchev–Trinajstić information content (AvgIpc) is 3.41. The molecule has 2 N–H and O–H groups in total. The van der Waals surface area contributed by atoms with Crippen molar-refractivity contribution in [1.82, 2.24) is 19.5 Å². The number of aromatic nitrogens is 3. The van der Waals surface area contributed by atoms with Crippen LogP contribution in [0, 0.1) is 0 Å². The van der Waals surface area contributed by atoms with Crippen LogP contribution in [0.1, 0.15) is 16.2 Å². The highest BCUT2D eigenvalue weighted by Crippen LogP contribution is 2.22. The number of nitrogens with zero attached hydrogens (tertiary/aromatic N) is 5. The second-order valence-electron chi connectivity index (χ2n) is 8.85. The highest BCUT2D eigenvalue weighted by Gasteiger charge is 2.24. The first kappa shape index (κ1) is 26.1. The molecule has 1 saturated heterocycles. The smallest absolute Gasteiger partial charge is 0.320 e. The van der Waals surface area contributed by atoms with E-state index in [1.807, 2.05) is 53.4 Å². The molecule has 1 aliphatic heterocycles. The lowest BCUT2D eigenvalue weighted by Gasteiger charge is -2.33. The molecule has 2 aromatic carbocycles. The lowest BCUT2D eigenvalue weighted by Crippen LogP contribution is -2.48. The van der Waals surface area contributed by atoms with Gasteiger partial charge in [0.15, 0.2) is 0 Å². The molecule has 1 fully saturated rings. The van der Waals surface area contributed by atoms with E-state index in [4.69, 9.17) is 9.15 Å². The zero-order valence-corrected chi connectivity index (χ0v) is 22.0. The second kappa shape index (κ2) is 11.5. The fourth-order valence-corrected chi connectivity index (χ4v) is 4.80. The minimum absolute atomic E-state index is 0.0575. The van der Waals surface area contributed by atoms with Crippen LogP contribution in [0.25, 0.3) is 0 Å². The summed E-state index contributed by atoms with van der Waals surface area (Å²) in [6.45, 7) is 2.30. The summed E-state index contributed by atoms with van der Waals surface area (Å²) in [5, 5.41) is 13.4. The van der Waals surface area contributed by atoms with Gasteiger partial charge in [-0.15, -0.1) is 5.10 Å². The molecule has 0 aliphatic carbocycles. The van der Waals surface area contributed by atoms with Crippen molar-refractivity contribution in [3.05, 3.63) is 84.4 Å². The molecule has 0 unspecified atom stereocenters. The number of sulfonamides is 1. The van der Waals surface area contributed by atoms with E-state index >= 15 is 0 Å². The summed E-state index contributed by atoms with van der Waals surface area (Å²) in [5.74, 6) is 0.566. The number of benzene rings is 2. The second-order valence-corrected chi connectivity index (χ2v) is 10.8. The number of anilines is 4. The number of nitrogens with one attached hydrogen (secondary N) is 2. The topological polar surface area (TPSA) is 143 Å². The number of amides is 1. The summed E-state index contributed by atoms with van der Waals surface area (Å²) in [4.78, 5) is 19.0. The summed E-state index contributed by atoms with van der Waals surface area (Å²) in [7, 11) is -3.20. The lowest BCUT2D eigenvalue weighted by molar-refractivity contribution is 0.0991. The number of hydrogen-bond acceptors (Lipinski definition) is 10. The third-order valence-corrected chi connectivity index (χ3v) is 7.29. The lowest BCUT2D eigenvalue weighted by atomic mass is 10.2. The minimum Gasteiger partial charge on any atom is -0.489 e. The standard InChI is InChI=1S/C26H27N7O5S/c1-39(35,36)33-14-12-32(13-15-33)23-11-10-21(17-27-23)28-24(34)25-30-31-26(38-25)29-20-8-5-9-22(16-20)37-18-19-6-3-2-4-7-19/h2-11,16-17H,12-15,18H2,1H3,(H,28,34)(H,29,31). The van der Waals surface area contributed by atoms with E-state index in [-0.39, 0.29) is 11.9 Å². The van der Waals surface area contributed by atoms with Crippen molar-refractivity contribution in [2.45, 2.75) is 6.61 Å². The molecule has 0 atom stereocenters. The first-order valence-electron chi connectivity index (χ1n) is 12.2. The maximum Gasteiger partial charge on any atom is 0.320 e. The average molecular weight is 550 g/mol. The van der Waals surface area contributed by atoms with E-state index in [1.54, 1.807) is 18.2 Å². The van der Waals surface area contributed by atoms with Crippen LogP contribution in [0.4, 0.5) is 23.2 Å².